The third kappa shape index (κ3) is 7.60. The molecule has 8 heteroatoms. The van der Waals surface area contributed by atoms with E-state index in [4.69, 9.17) is 9.47 Å². The summed E-state index contributed by atoms with van der Waals surface area (Å²) in [4.78, 5) is 43.2. The maximum absolute atomic E-state index is 13.8. The molecule has 0 saturated carbocycles. The molecule has 2 aromatic carbocycles. The summed E-state index contributed by atoms with van der Waals surface area (Å²) >= 11 is 0. The Hall–Kier alpha value is -3.81. The molecule has 2 N–H and O–H groups in total. The van der Waals surface area contributed by atoms with Crippen molar-refractivity contribution in [1.29, 1.82) is 0 Å². The Bertz CT molecular complexity index is 1110. The number of ether oxygens (including phenoxy) is 2. The molecule has 1 heterocycles. The summed E-state index contributed by atoms with van der Waals surface area (Å²) in [6.07, 6.45) is 3.03. The van der Waals surface area contributed by atoms with Gasteiger partial charge in [0.1, 0.15) is 12.6 Å². The third-order valence-electron chi connectivity index (χ3n) is 5.57. The van der Waals surface area contributed by atoms with Gasteiger partial charge in [0, 0.05) is 30.1 Å². The SMILES string of the molecule is CCCCOC(=O)N[C@H](Cc1c[nH]c2ccccc12)C(=O)N(CC(=O)OCC)Cc1ccccc1. The number of nitrogens with one attached hydrogen (secondary N) is 2. The monoisotopic (exact) mass is 479 g/mol. The van der Waals surface area contributed by atoms with Gasteiger partial charge in [0.05, 0.1) is 13.2 Å². The van der Waals surface area contributed by atoms with Crippen molar-refractivity contribution >= 4 is 28.9 Å². The highest BCUT2D eigenvalue weighted by atomic mass is 16.5. The molecule has 1 aromatic heterocycles. The van der Waals surface area contributed by atoms with Gasteiger partial charge in [-0.3, -0.25) is 9.59 Å². The van der Waals surface area contributed by atoms with Gasteiger partial charge in [-0.1, -0.05) is 61.9 Å². The number of benzene rings is 2. The van der Waals surface area contributed by atoms with Crippen molar-refractivity contribution in [2.45, 2.75) is 45.7 Å². The molecule has 0 spiro atoms. The number of H-pyrrole nitrogens is 1. The lowest BCUT2D eigenvalue weighted by Crippen LogP contribution is -2.51. The summed E-state index contributed by atoms with van der Waals surface area (Å²) in [6.45, 7) is 4.18. The number of fused-ring (bicyclic) bond motifs is 1. The fourth-order valence-corrected chi connectivity index (χ4v) is 3.81. The van der Waals surface area contributed by atoms with Gasteiger partial charge in [-0.25, -0.2) is 4.79 Å². The molecule has 0 saturated heterocycles. The van der Waals surface area contributed by atoms with Crippen LogP contribution in [0.25, 0.3) is 10.9 Å². The van der Waals surface area contributed by atoms with E-state index in [-0.39, 0.29) is 38.6 Å². The standard InChI is InChI=1S/C27H33N3O5/c1-3-5-15-35-27(33)29-24(16-21-17-28-23-14-10-9-13-22(21)23)26(32)30(19-25(31)34-4-2)18-20-11-7-6-8-12-20/h6-14,17,24,28H,3-5,15-16,18-19H2,1-2H3,(H,29,33)/t24-/m1/s1. The molecule has 1 atom stereocenters. The minimum Gasteiger partial charge on any atom is -0.465 e. The van der Waals surface area contributed by atoms with Crippen molar-refractivity contribution < 1.29 is 23.9 Å². The van der Waals surface area contributed by atoms with Crippen molar-refractivity contribution in [2.75, 3.05) is 19.8 Å². The number of alkyl carbamates (subject to hydrolysis) is 1. The van der Waals surface area contributed by atoms with Gasteiger partial charge in [-0.05, 0) is 30.5 Å². The third-order valence-corrected chi connectivity index (χ3v) is 5.57. The van der Waals surface area contributed by atoms with E-state index in [0.29, 0.717) is 0 Å². The molecule has 0 unspecified atom stereocenters. The van der Waals surface area contributed by atoms with Crippen LogP contribution in [0.3, 0.4) is 0 Å². The second kappa shape index (κ2) is 13.2. The van der Waals surface area contributed by atoms with Crippen molar-refractivity contribution in [3.05, 3.63) is 71.9 Å². The van der Waals surface area contributed by atoms with Crippen molar-refractivity contribution in [3.63, 3.8) is 0 Å². The number of hydrogen-bond acceptors (Lipinski definition) is 5. The van der Waals surface area contributed by atoms with E-state index >= 15 is 0 Å². The van der Waals surface area contributed by atoms with Crippen LogP contribution in [0.4, 0.5) is 4.79 Å². The molecule has 0 aliphatic rings. The molecule has 0 radical (unpaired) electrons. The first-order valence-corrected chi connectivity index (χ1v) is 12.0. The summed E-state index contributed by atoms with van der Waals surface area (Å²) in [7, 11) is 0. The van der Waals surface area contributed by atoms with E-state index in [0.717, 1.165) is 34.9 Å². The average Bonchev–Trinajstić information content (AvgIpc) is 3.26. The highest BCUT2D eigenvalue weighted by molar-refractivity contribution is 5.90. The minimum atomic E-state index is -0.929. The van der Waals surface area contributed by atoms with Crippen LogP contribution in [-0.4, -0.2) is 53.7 Å². The largest absolute Gasteiger partial charge is 0.465 e. The van der Waals surface area contributed by atoms with Gasteiger partial charge in [0.15, 0.2) is 0 Å². The maximum atomic E-state index is 13.8. The van der Waals surface area contributed by atoms with E-state index in [9.17, 15) is 14.4 Å². The Morgan fingerprint density at radius 2 is 1.74 bits per heavy atom. The highest BCUT2D eigenvalue weighted by Gasteiger charge is 2.29. The molecule has 0 aliphatic heterocycles. The molecule has 8 nitrogen and oxygen atoms in total. The Balaban J connectivity index is 1.86. The molecule has 0 fully saturated rings. The number of carbonyl (C=O) groups is 3. The number of amides is 2. The molecular weight excluding hydrogens is 446 g/mol. The minimum absolute atomic E-state index is 0.204. The first-order chi connectivity index (χ1) is 17.0. The zero-order valence-electron chi connectivity index (χ0n) is 20.3. The first-order valence-electron chi connectivity index (χ1n) is 12.0. The molecule has 186 valence electrons. The predicted octanol–water partition coefficient (Wildman–Crippen LogP) is 4.20. The van der Waals surface area contributed by atoms with Gasteiger partial charge >= 0.3 is 12.1 Å². The maximum Gasteiger partial charge on any atom is 0.407 e. The van der Waals surface area contributed by atoms with Crippen molar-refractivity contribution in [1.82, 2.24) is 15.2 Å². The Labute approximate surface area is 205 Å². The van der Waals surface area contributed by atoms with Crippen molar-refractivity contribution in [3.8, 4) is 0 Å². The highest BCUT2D eigenvalue weighted by Crippen LogP contribution is 2.20. The fraction of sp³-hybridized carbons (Fsp3) is 0.370. The van der Waals surface area contributed by atoms with Crippen LogP contribution in [-0.2, 0) is 32.0 Å². The van der Waals surface area contributed by atoms with Gasteiger partial charge in [-0.15, -0.1) is 0 Å². The lowest BCUT2D eigenvalue weighted by Gasteiger charge is -2.27. The van der Waals surface area contributed by atoms with E-state index in [1.807, 2.05) is 67.7 Å². The molecule has 3 aromatic rings. The fourth-order valence-electron chi connectivity index (χ4n) is 3.81. The normalized spacial score (nSPS) is 11.6. The number of rotatable bonds is 12. The lowest BCUT2D eigenvalue weighted by atomic mass is 10.0. The molecular formula is C27H33N3O5. The smallest absolute Gasteiger partial charge is 0.407 e. The molecule has 3 rings (SSSR count). The van der Waals surface area contributed by atoms with Gasteiger partial charge < -0.3 is 24.7 Å². The van der Waals surface area contributed by atoms with Crippen LogP contribution in [0.2, 0.25) is 0 Å². The Morgan fingerprint density at radius 1 is 1.00 bits per heavy atom. The van der Waals surface area contributed by atoms with E-state index in [1.54, 1.807) is 6.92 Å². The topological polar surface area (TPSA) is 101 Å². The number of unbranched alkanes of at least 4 members (excludes halogenated alkanes) is 1. The number of hydrogen-bond donors (Lipinski definition) is 2. The average molecular weight is 480 g/mol. The van der Waals surface area contributed by atoms with Crippen LogP contribution in [0, 0.1) is 0 Å². The summed E-state index contributed by atoms with van der Waals surface area (Å²) in [5.74, 6) is -0.896. The van der Waals surface area contributed by atoms with Gasteiger partial charge in [0.2, 0.25) is 5.91 Å². The van der Waals surface area contributed by atoms with Crippen LogP contribution in [0.5, 0.6) is 0 Å². The van der Waals surface area contributed by atoms with Crippen LogP contribution < -0.4 is 5.32 Å². The quantitative estimate of drug-likeness (QED) is 0.300. The number of para-hydroxylation sites is 1. The first kappa shape index (κ1) is 25.8. The molecule has 0 bridgehead atoms. The summed E-state index contributed by atoms with van der Waals surface area (Å²) in [6, 6.07) is 16.2. The van der Waals surface area contributed by atoms with Gasteiger partial charge in [0.25, 0.3) is 0 Å². The summed E-state index contributed by atoms with van der Waals surface area (Å²) in [5, 5.41) is 3.70. The molecule has 0 aliphatic carbocycles. The van der Waals surface area contributed by atoms with E-state index in [2.05, 4.69) is 10.3 Å². The summed E-state index contributed by atoms with van der Waals surface area (Å²) in [5.41, 5.74) is 2.68. The number of aromatic nitrogens is 1. The van der Waals surface area contributed by atoms with Crippen molar-refractivity contribution in [2.24, 2.45) is 0 Å². The second-order valence-corrected chi connectivity index (χ2v) is 8.23. The predicted molar refractivity (Wildman–Crippen MR) is 134 cm³/mol. The van der Waals surface area contributed by atoms with E-state index < -0.39 is 18.1 Å². The number of esters is 1. The second-order valence-electron chi connectivity index (χ2n) is 8.23. The Kier molecular flexibility index (Phi) is 9.71. The van der Waals surface area contributed by atoms with E-state index in [1.165, 1.54) is 4.90 Å². The number of carbonyl (C=O) groups excluding carboxylic acids is 3. The zero-order chi connectivity index (χ0) is 25.0. The van der Waals surface area contributed by atoms with Crippen LogP contribution in [0.15, 0.2) is 60.8 Å². The van der Waals surface area contributed by atoms with Crippen LogP contribution >= 0.6 is 0 Å². The van der Waals surface area contributed by atoms with Gasteiger partial charge in [-0.2, -0.15) is 0 Å². The number of aromatic amines is 1. The Morgan fingerprint density at radius 3 is 2.49 bits per heavy atom. The molecule has 35 heavy (non-hydrogen) atoms. The zero-order valence-corrected chi connectivity index (χ0v) is 20.3. The summed E-state index contributed by atoms with van der Waals surface area (Å²) < 4.78 is 10.4. The van der Waals surface area contributed by atoms with Crippen LogP contribution in [0.1, 0.15) is 37.8 Å². The number of nitrogens with zero attached hydrogens (tertiary/aromatic N) is 1. The lowest BCUT2D eigenvalue weighted by molar-refractivity contribution is -0.149. The molecule has 2 amide bonds.